The van der Waals surface area contributed by atoms with Crippen LogP contribution in [-0.4, -0.2) is 31.5 Å². The van der Waals surface area contributed by atoms with Crippen LogP contribution in [0.5, 0.6) is 0 Å². The van der Waals surface area contributed by atoms with Crippen LogP contribution in [0, 0.1) is 11.3 Å². The molecule has 0 radical (unpaired) electrons. The highest BCUT2D eigenvalue weighted by Crippen LogP contribution is 2.41. The van der Waals surface area contributed by atoms with E-state index in [2.05, 4.69) is 20.8 Å². The summed E-state index contributed by atoms with van der Waals surface area (Å²) in [4.78, 5) is 14.2. The minimum atomic E-state index is -3.59. The molecule has 122 valence electrons. The minimum absolute atomic E-state index is 0.00547. The Kier molecular flexibility index (Phi) is 4.87. The molecule has 0 bridgehead atoms. The second-order valence-corrected chi connectivity index (χ2v) is 9.82. The number of carbonyl (C=O) groups excluding carboxylic acids is 1. The van der Waals surface area contributed by atoms with E-state index in [1.807, 2.05) is 35.2 Å². The summed E-state index contributed by atoms with van der Waals surface area (Å²) in [5.41, 5.74) is 0.920. The third-order valence-electron chi connectivity index (χ3n) is 3.92. The summed E-state index contributed by atoms with van der Waals surface area (Å²) in [6.07, 6.45) is 0.241. The number of rotatable bonds is 4. The Morgan fingerprint density at radius 1 is 1.27 bits per heavy atom. The van der Waals surface area contributed by atoms with E-state index in [1.165, 1.54) is 0 Å². The molecule has 1 saturated heterocycles. The lowest BCUT2D eigenvalue weighted by Gasteiger charge is -2.38. The predicted molar refractivity (Wildman–Crippen MR) is 88.1 cm³/mol. The van der Waals surface area contributed by atoms with Gasteiger partial charge < -0.3 is 4.90 Å². The lowest BCUT2D eigenvalue weighted by molar-refractivity contribution is -0.132. The van der Waals surface area contributed by atoms with Gasteiger partial charge in [-0.05, 0) is 11.0 Å². The number of halogens is 1. The number of benzene rings is 1. The number of likely N-dealkylation sites (tertiary alicyclic amines) is 1. The molecule has 2 rings (SSSR count). The zero-order chi connectivity index (χ0) is 16.5. The summed E-state index contributed by atoms with van der Waals surface area (Å²) < 4.78 is 22.5. The van der Waals surface area contributed by atoms with E-state index in [-0.39, 0.29) is 35.5 Å². The molecule has 1 fully saturated rings. The van der Waals surface area contributed by atoms with Crippen LogP contribution in [0.25, 0.3) is 0 Å². The smallest absolute Gasteiger partial charge is 0.232 e. The molecule has 0 spiro atoms. The Morgan fingerprint density at radius 2 is 1.86 bits per heavy atom. The molecule has 0 saturated carbocycles. The van der Waals surface area contributed by atoms with Crippen molar-refractivity contribution in [2.75, 3.05) is 12.3 Å². The van der Waals surface area contributed by atoms with Crippen molar-refractivity contribution < 1.29 is 13.2 Å². The van der Waals surface area contributed by atoms with Crippen LogP contribution in [0.15, 0.2) is 30.3 Å². The van der Waals surface area contributed by atoms with Gasteiger partial charge in [0.25, 0.3) is 0 Å². The molecule has 1 aliphatic heterocycles. The van der Waals surface area contributed by atoms with Gasteiger partial charge in [-0.2, -0.15) is 0 Å². The van der Waals surface area contributed by atoms with E-state index in [1.54, 1.807) is 0 Å². The molecule has 0 N–H and O–H groups in total. The summed E-state index contributed by atoms with van der Waals surface area (Å²) >= 11 is 0. The van der Waals surface area contributed by atoms with Crippen molar-refractivity contribution in [3.05, 3.63) is 35.9 Å². The summed E-state index contributed by atoms with van der Waals surface area (Å²) in [7, 11) is 1.75. The van der Waals surface area contributed by atoms with Crippen LogP contribution in [0.1, 0.15) is 38.8 Å². The normalized spacial score (nSPS) is 21.2. The third kappa shape index (κ3) is 4.23. The lowest BCUT2D eigenvalue weighted by atomic mass is 9.81. The van der Waals surface area contributed by atoms with Gasteiger partial charge in [0.1, 0.15) is 0 Å². The molecule has 22 heavy (non-hydrogen) atoms. The first-order chi connectivity index (χ1) is 10.1. The first-order valence-corrected chi connectivity index (χ1v) is 9.82. The Balaban J connectivity index is 2.28. The highest BCUT2D eigenvalue weighted by molar-refractivity contribution is 8.13. The van der Waals surface area contributed by atoms with Crippen molar-refractivity contribution in [1.82, 2.24) is 4.90 Å². The second kappa shape index (κ2) is 6.20. The first-order valence-electron chi connectivity index (χ1n) is 7.34. The maximum absolute atomic E-state index is 12.4. The quantitative estimate of drug-likeness (QED) is 0.789. The predicted octanol–water partition coefficient (Wildman–Crippen LogP) is 3.19. The molecule has 2 atom stereocenters. The molecule has 1 aromatic carbocycles. The van der Waals surface area contributed by atoms with Crippen LogP contribution in [0.4, 0.5) is 0 Å². The molecular formula is C16H22ClNO3S. The van der Waals surface area contributed by atoms with Crippen LogP contribution in [0.3, 0.4) is 0 Å². The number of hydrogen-bond acceptors (Lipinski definition) is 3. The van der Waals surface area contributed by atoms with Crippen molar-refractivity contribution in [2.24, 2.45) is 11.3 Å². The Hall–Kier alpha value is -1.07. The summed E-state index contributed by atoms with van der Waals surface area (Å²) in [5.74, 6) is -0.389. The second-order valence-electron chi connectivity index (χ2n) is 7.00. The van der Waals surface area contributed by atoms with Crippen molar-refractivity contribution in [1.29, 1.82) is 0 Å². The van der Waals surface area contributed by atoms with Gasteiger partial charge in [-0.3, -0.25) is 4.79 Å². The maximum atomic E-state index is 12.4. The molecule has 6 heteroatoms. The van der Waals surface area contributed by atoms with E-state index < -0.39 is 9.05 Å². The standard InChI is InChI=1S/C16H22ClNO3S/c1-16(2,3)15(13-7-5-4-6-8-13)18-10-12(9-14(18)19)11-22(17,20)21/h4-8,12,15H,9-11H2,1-3H3. The van der Waals surface area contributed by atoms with Gasteiger partial charge in [0, 0.05) is 29.6 Å². The summed E-state index contributed by atoms with van der Waals surface area (Å²) in [6.45, 7) is 6.69. The van der Waals surface area contributed by atoms with Gasteiger partial charge in [-0.15, -0.1) is 0 Å². The number of nitrogens with zero attached hydrogens (tertiary/aromatic N) is 1. The molecule has 0 aliphatic carbocycles. The van der Waals surface area contributed by atoms with Gasteiger partial charge in [-0.25, -0.2) is 8.42 Å². The van der Waals surface area contributed by atoms with E-state index >= 15 is 0 Å². The molecule has 0 aromatic heterocycles. The number of carbonyl (C=O) groups is 1. The van der Waals surface area contributed by atoms with E-state index in [4.69, 9.17) is 10.7 Å². The molecule has 2 unspecified atom stereocenters. The van der Waals surface area contributed by atoms with E-state index in [0.717, 1.165) is 5.56 Å². The third-order valence-corrected chi connectivity index (χ3v) is 5.17. The molecule has 1 heterocycles. The largest absolute Gasteiger partial charge is 0.335 e. The summed E-state index contributed by atoms with van der Waals surface area (Å²) in [6, 6.07) is 9.79. The fourth-order valence-corrected chi connectivity index (χ4v) is 4.55. The van der Waals surface area contributed by atoms with Crippen LogP contribution >= 0.6 is 10.7 Å². The van der Waals surface area contributed by atoms with E-state index in [9.17, 15) is 13.2 Å². The van der Waals surface area contributed by atoms with Crippen molar-refractivity contribution in [2.45, 2.75) is 33.2 Å². The Morgan fingerprint density at radius 3 is 2.36 bits per heavy atom. The fourth-order valence-electron chi connectivity index (χ4n) is 3.23. The van der Waals surface area contributed by atoms with Crippen molar-refractivity contribution in [3.63, 3.8) is 0 Å². The Labute approximate surface area is 136 Å². The molecule has 1 aromatic rings. The molecule has 4 nitrogen and oxygen atoms in total. The highest BCUT2D eigenvalue weighted by atomic mass is 35.7. The van der Waals surface area contributed by atoms with Crippen LogP contribution in [0.2, 0.25) is 0 Å². The first kappa shape index (κ1) is 17.3. The average Bonchev–Trinajstić information content (AvgIpc) is 2.67. The van der Waals surface area contributed by atoms with E-state index in [0.29, 0.717) is 6.54 Å². The van der Waals surface area contributed by atoms with Gasteiger partial charge in [0.05, 0.1) is 11.8 Å². The monoisotopic (exact) mass is 343 g/mol. The highest BCUT2D eigenvalue weighted by Gasteiger charge is 2.41. The number of amides is 1. The summed E-state index contributed by atoms with van der Waals surface area (Å²) in [5, 5.41) is 0. The number of hydrogen-bond donors (Lipinski definition) is 0. The van der Waals surface area contributed by atoms with Crippen LogP contribution < -0.4 is 0 Å². The topological polar surface area (TPSA) is 54.5 Å². The lowest BCUT2D eigenvalue weighted by Crippen LogP contribution is -2.38. The molecule has 1 amide bonds. The molecular weight excluding hydrogens is 322 g/mol. The van der Waals surface area contributed by atoms with Gasteiger partial charge in [0.2, 0.25) is 15.0 Å². The van der Waals surface area contributed by atoms with Crippen molar-refractivity contribution in [3.8, 4) is 0 Å². The Bertz CT molecular complexity index is 637. The average molecular weight is 344 g/mol. The van der Waals surface area contributed by atoms with Gasteiger partial charge >= 0.3 is 0 Å². The van der Waals surface area contributed by atoms with Gasteiger partial charge in [0.15, 0.2) is 0 Å². The fraction of sp³-hybridized carbons (Fsp3) is 0.562. The zero-order valence-electron chi connectivity index (χ0n) is 13.1. The minimum Gasteiger partial charge on any atom is -0.335 e. The maximum Gasteiger partial charge on any atom is 0.232 e. The van der Waals surface area contributed by atoms with Crippen molar-refractivity contribution >= 4 is 25.6 Å². The van der Waals surface area contributed by atoms with Crippen LogP contribution in [-0.2, 0) is 13.8 Å². The SMILES string of the molecule is CC(C)(C)C(c1ccccc1)N1CC(CS(=O)(=O)Cl)CC1=O. The van der Waals surface area contributed by atoms with Gasteiger partial charge in [-0.1, -0.05) is 51.1 Å². The zero-order valence-corrected chi connectivity index (χ0v) is 14.7. The molecule has 1 aliphatic rings.